The molecule has 0 aromatic carbocycles. The molecular formula is C9H14N4. The van der Waals surface area contributed by atoms with Crippen LogP contribution in [0.1, 0.15) is 32.3 Å². The summed E-state index contributed by atoms with van der Waals surface area (Å²) in [7, 11) is 0. The van der Waals surface area contributed by atoms with Gasteiger partial charge in [0.1, 0.15) is 5.82 Å². The molecule has 0 fully saturated rings. The SMILES string of the molecule is Cc1n[nH]c2cc(C(C)(C)C)nn12. The van der Waals surface area contributed by atoms with Crippen LogP contribution in [0.3, 0.4) is 0 Å². The van der Waals surface area contributed by atoms with E-state index in [2.05, 4.69) is 36.1 Å². The smallest absolute Gasteiger partial charge is 0.151 e. The number of rotatable bonds is 0. The normalized spacial score (nSPS) is 12.6. The lowest BCUT2D eigenvalue weighted by molar-refractivity contribution is 0.561. The lowest BCUT2D eigenvalue weighted by Gasteiger charge is -2.13. The average Bonchev–Trinajstić information content (AvgIpc) is 2.51. The van der Waals surface area contributed by atoms with Gasteiger partial charge in [-0.1, -0.05) is 20.8 Å². The van der Waals surface area contributed by atoms with Gasteiger partial charge in [0.15, 0.2) is 5.65 Å². The third kappa shape index (κ3) is 1.22. The first-order valence-electron chi connectivity index (χ1n) is 4.40. The number of aromatic amines is 1. The van der Waals surface area contributed by atoms with E-state index in [9.17, 15) is 0 Å². The van der Waals surface area contributed by atoms with E-state index in [4.69, 9.17) is 0 Å². The van der Waals surface area contributed by atoms with Gasteiger partial charge in [0.2, 0.25) is 0 Å². The average molecular weight is 178 g/mol. The van der Waals surface area contributed by atoms with Gasteiger partial charge >= 0.3 is 0 Å². The monoisotopic (exact) mass is 178 g/mol. The lowest BCUT2D eigenvalue weighted by atomic mass is 9.93. The quantitative estimate of drug-likeness (QED) is 0.667. The Bertz CT molecular complexity index is 430. The molecular weight excluding hydrogens is 164 g/mol. The molecule has 4 nitrogen and oxygen atoms in total. The van der Waals surface area contributed by atoms with Gasteiger partial charge < -0.3 is 0 Å². The van der Waals surface area contributed by atoms with Crippen molar-refractivity contribution in [2.75, 3.05) is 0 Å². The Morgan fingerprint density at radius 1 is 1.38 bits per heavy atom. The van der Waals surface area contributed by atoms with E-state index < -0.39 is 0 Å². The molecule has 70 valence electrons. The van der Waals surface area contributed by atoms with Gasteiger partial charge in [0.05, 0.1) is 5.69 Å². The first kappa shape index (κ1) is 8.29. The van der Waals surface area contributed by atoms with E-state index in [0.717, 1.165) is 17.2 Å². The van der Waals surface area contributed by atoms with Gasteiger partial charge in [-0.15, -0.1) is 0 Å². The number of hydrogen-bond donors (Lipinski definition) is 1. The fraction of sp³-hybridized carbons (Fsp3) is 0.556. The van der Waals surface area contributed by atoms with Crippen molar-refractivity contribution in [2.24, 2.45) is 0 Å². The van der Waals surface area contributed by atoms with Crippen LogP contribution in [-0.4, -0.2) is 19.8 Å². The van der Waals surface area contributed by atoms with Crippen molar-refractivity contribution in [2.45, 2.75) is 33.1 Å². The summed E-state index contributed by atoms with van der Waals surface area (Å²) in [5.41, 5.74) is 2.14. The Hall–Kier alpha value is -1.32. The van der Waals surface area contributed by atoms with Crippen molar-refractivity contribution in [1.29, 1.82) is 0 Å². The zero-order chi connectivity index (χ0) is 9.64. The molecule has 0 spiro atoms. The van der Waals surface area contributed by atoms with Gasteiger partial charge in [-0.2, -0.15) is 14.7 Å². The summed E-state index contributed by atoms with van der Waals surface area (Å²) in [6, 6.07) is 2.04. The Morgan fingerprint density at radius 2 is 2.08 bits per heavy atom. The van der Waals surface area contributed by atoms with E-state index in [-0.39, 0.29) is 5.41 Å². The number of aryl methyl sites for hydroxylation is 1. The molecule has 0 amide bonds. The number of fused-ring (bicyclic) bond motifs is 1. The van der Waals surface area contributed by atoms with Crippen molar-refractivity contribution < 1.29 is 0 Å². The van der Waals surface area contributed by atoms with Crippen molar-refractivity contribution in [1.82, 2.24) is 19.8 Å². The summed E-state index contributed by atoms with van der Waals surface area (Å²) in [5.74, 6) is 0.894. The highest BCUT2D eigenvalue weighted by Crippen LogP contribution is 2.21. The van der Waals surface area contributed by atoms with Crippen LogP contribution in [0.2, 0.25) is 0 Å². The molecule has 4 heteroatoms. The largest absolute Gasteiger partial charge is 0.259 e. The Labute approximate surface area is 77.0 Å². The molecule has 0 unspecified atom stereocenters. The van der Waals surface area contributed by atoms with Crippen molar-refractivity contribution in [3.05, 3.63) is 17.6 Å². The minimum Gasteiger partial charge on any atom is -0.259 e. The predicted molar refractivity (Wildman–Crippen MR) is 50.8 cm³/mol. The Balaban J connectivity index is 2.63. The zero-order valence-electron chi connectivity index (χ0n) is 8.42. The molecule has 0 aliphatic carbocycles. The molecule has 0 bridgehead atoms. The second-order valence-corrected chi connectivity index (χ2v) is 4.35. The third-order valence-corrected chi connectivity index (χ3v) is 2.12. The van der Waals surface area contributed by atoms with Crippen LogP contribution in [0.4, 0.5) is 0 Å². The number of aromatic nitrogens is 4. The third-order valence-electron chi connectivity index (χ3n) is 2.12. The van der Waals surface area contributed by atoms with Crippen LogP contribution in [0.15, 0.2) is 6.07 Å². The predicted octanol–water partition coefficient (Wildman–Crippen LogP) is 1.66. The van der Waals surface area contributed by atoms with Gasteiger partial charge in [-0.3, -0.25) is 5.10 Å². The molecule has 0 atom stereocenters. The summed E-state index contributed by atoms with van der Waals surface area (Å²) in [6.07, 6.45) is 0. The van der Waals surface area contributed by atoms with Crippen LogP contribution in [-0.2, 0) is 5.41 Å². The molecule has 0 aliphatic rings. The van der Waals surface area contributed by atoms with E-state index in [0.29, 0.717) is 0 Å². The van der Waals surface area contributed by atoms with E-state index in [1.807, 2.05) is 17.5 Å². The molecule has 1 N–H and O–H groups in total. The van der Waals surface area contributed by atoms with Crippen molar-refractivity contribution in [3.63, 3.8) is 0 Å². The Morgan fingerprint density at radius 3 is 2.62 bits per heavy atom. The fourth-order valence-electron chi connectivity index (χ4n) is 1.26. The second-order valence-electron chi connectivity index (χ2n) is 4.35. The number of H-pyrrole nitrogens is 1. The molecule has 2 aromatic rings. The molecule has 0 saturated heterocycles. The summed E-state index contributed by atoms with van der Waals surface area (Å²) in [5, 5.41) is 11.5. The highest BCUT2D eigenvalue weighted by Gasteiger charge is 2.18. The summed E-state index contributed by atoms with van der Waals surface area (Å²) < 4.78 is 1.83. The molecule has 13 heavy (non-hydrogen) atoms. The lowest BCUT2D eigenvalue weighted by Crippen LogP contribution is -2.12. The van der Waals surface area contributed by atoms with Crippen molar-refractivity contribution >= 4 is 5.65 Å². The van der Waals surface area contributed by atoms with Crippen LogP contribution < -0.4 is 0 Å². The topological polar surface area (TPSA) is 46.0 Å². The maximum atomic E-state index is 4.47. The van der Waals surface area contributed by atoms with Crippen molar-refractivity contribution in [3.8, 4) is 0 Å². The van der Waals surface area contributed by atoms with Gasteiger partial charge in [-0.05, 0) is 6.92 Å². The first-order chi connectivity index (χ1) is 5.98. The molecule has 2 aromatic heterocycles. The number of nitrogens with zero attached hydrogens (tertiary/aromatic N) is 3. The summed E-state index contributed by atoms with van der Waals surface area (Å²) in [6.45, 7) is 8.38. The van der Waals surface area contributed by atoms with Crippen LogP contribution in [0.25, 0.3) is 5.65 Å². The number of nitrogens with one attached hydrogen (secondary N) is 1. The standard InChI is InChI=1S/C9H14N4/c1-6-10-11-8-5-7(9(2,3)4)12-13(6)8/h5,11H,1-4H3. The number of hydrogen-bond acceptors (Lipinski definition) is 2. The molecule has 2 rings (SSSR count). The second kappa shape index (κ2) is 2.34. The van der Waals surface area contributed by atoms with Crippen LogP contribution >= 0.6 is 0 Å². The van der Waals surface area contributed by atoms with E-state index >= 15 is 0 Å². The van der Waals surface area contributed by atoms with Crippen LogP contribution in [0, 0.1) is 6.92 Å². The van der Waals surface area contributed by atoms with E-state index in [1.165, 1.54) is 0 Å². The van der Waals surface area contributed by atoms with Crippen LogP contribution in [0.5, 0.6) is 0 Å². The maximum absolute atomic E-state index is 4.47. The fourth-order valence-corrected chi connectivity index (χ4v) is 1.26. The highest BCUT2D eigenvalue weighted by molar-refractivity contribution is 5.40. The molecule has 0 aliphatic heterocycles. The van der Waals surface area contributed by atoms with Gasteiger partial charge in [0, 0.05) is 11.5 Å². The van der Waals surface area contributed by atoms with E-state index in [1.54, 1.807) is 0 Å². The first-order valence-corrected chi connectivity index (χ1v) is 4.40. The maximum Gasteiger partial charge on any atom is 0.151 e. The summed E-state index contributed by atoms with van der Waals surface area (Å²) >= 11 is 0. The molecule has 0 saturated carbocycles. The summed E-state index contributed by atoms with van der Waals surface area (Å²) in [4.78, 5) is 0. The highest BCUT2D eigenvalue weighted by atomic mass is 15.4. The Kier molecular flexibility index (Phi) is 1.49. The minimum atomic E-state index is 0.0965. The zero-order valence-corrected chi connectivity index (χ0v) is 8.42. The van der Waals surface area contributed by atoms with Gasteiger partial charge in [-0.25, -0.2) is 0 Å². The minimum absolute atomic E-state index is 0.0965. The molecule has 0 radical (unpaired) electrons. The van der Waals surface area contributed by atoms with Gasteiger partial charge in [0.25, 0.3) is 0 Å². The molecule has 2 heterocycles.